The Labute approximate surface area is 150 Å². The number of hydrogen-bond donors (Lipinski definition) is 0. The molecule has 3 aromatic heterocycles. The van der Waals surface area contributed by atoms with E-state index in [-0.39, 0.29) is 5.82 Å². The normalized spacial score (nSPS) is 11.0. The highest BCUT2D eigenvalue weighted by Gasteiger charge is 2.18. The number of aryl methyl sites for hydroxylation is 1. The van der Waals surface area contributed by atoms with E-state index in [1.54, 1.807) is 18.3 Å². The number of aromatic nitrogens is 4. The van der Waals surface area contributed by atoms with Gasteiger partial charge < -0.3 is 4.90 Å². The standard InChI is InChI=1S/C20H18FN5/c1-3-16-20(26-19(23-16)8-5-13-22-26)25(2)18-7-4-6-17(24-18)14-9-11-15(21)12-10-14/h4-13H,3H2,1-2H3. The molecule has 0 saturated heterocycles. The average molecular weight is 347 g/mol. The van der Waals surface area contributed by atoms with Crippen molar-refractivity contribution in [2.24, 2.45) is 0 Å². The van der Waals surface area contributed by atoms with E-state index in [0.29, 0.717) is 0 Å². The Bertz CT molecular complexity index is 1060. The van der Waals surface area contributed by atoms with Gasteiger partial charge in [-0.3, -0.25) is 0 Å². The first-order valence-corrected chi connectivity index (χ1v) is 8.46. The molecule has 0 N–H and O–H groups in total. The van der Waals surface area contributed by atoms with Crippen molar-refractivity contribution in [2.75, 3.05) is 11.9 Å². The van der Waals surface area contributed by atoms with Crippen molar-refractivity contribution in [1.29, 1.82) is 0 Å². The van der Waals surface area contributed by atoms with Crippen molar-refractivity contribution < 1.29 is 4.39 Å². The first-order chi connectivity index (χ1) is 12.7. The lowest BCUT2D eigenvalue weighted by Gasteiger charge is -2.19. The molecule has 0 saturated carbocycles. The van der Waals surface area contributed by atoms with Crippen molar-refractivity contribution in [3.8, 4) is 11.3 Å². The second-order valence-electron chi connectivity index (χ2n) is 5.98. The van der Waals surface area contributed by atoms with Gasteiger partial charge in [-0.1, -0.05) is 13.0 Å². The summed E-state index contributed by atoms with van der Waals surface area (Å²) >= 11 is 0. The van der Waals surface area contributed by atoms with E-state index in [4.69, 9.17) is 4.98 Å². The zero-order valence-corrected chi connectivity index (χ0v) is 14.6. The molecule has 0 aliphatic carbocycles. The zero-order chi connectivity index (χ0) is 18.1. The van der Waals surface area contributed by atoms with E-state index in [1.807, 2.05) is 46.8 Å². The van der Waals surface area contributed by atoms with E-state index in [1.165, 1.54) is 12.1 Å². The zero-order valence-electron chi connectivity index (χ0n) is 14.6. The lowest BCUT2D eigenvalue weighted by atomic mass is 10.1. The maximum Gasteiger partial charge on any atom is 0.159 e. The maximum absolute atomic E-state index is 13.2. The van der Waals surface area contributed by atoms with Gasteiger partial charge in [-0.15, -0.1) is 0 Å². The fourth-order valence-electron chi connectivity index (χ4n) is 3.00. The fraction of sp³-hybridized carbons (Fsp3) is 0.150. The summed E-state index contributed by atoms with van der Waals surface area (Å²) in [5, 5.41) is 4.43. The number of benzene rings is 1. The Morgan fingerprint density at radius 3 is 2.58 bits per heavy atom. The van der Waals surface area contributed by atoms with Gasteiger partial charge in [0, 0.05) is 18.8 Å². The number of rotatable bonds is 4. The van der Waals surface area contributed by atoms with Crippen LogP contribution >= 0.6 is 0 Å². The smallest absolute Gasteiger partial charge is 0.159 e. The van der Waals surface area contributed by atoms with Gasteiger partial charge in [0.15, 0.2) is 11.5 Å². The molecule has 4 aromatic rings. The number of hydrogen-bond acceptors (Lipinski definition) is 4. The van der Waals surface area contributed by atoms with Crippen molar-refractivity contribution in [2.45, 2.75) is 13.3 Å². The van der Waals surface area contributed by atoms with Gasteiger partial charge in [0.2, 0.25) is 0 Å². The van der Waals surface area contributed by atoms with Crippen molar-refractivity contribution in [3.63, 3.8) is 0 Å². The molecule has 4 rings (SSSR count). The minimum Gasteiger partial charge on any atom is -0.312 e. The summed E-state index contributed by atoms with van der Waals surface area (Å²) in [5.74, 6) is 1.41. The van der Waals surface area contributed by atoms with Crippen LogP contribution < -0.4 is 4.90 Å². The highest BCUT2D eigenvalue weighted by molar-refractivity contribution is 5.66. The van der Waals surface area contributed by atoms with E-state index in [0.717, 1.165) is 40.7 Å². The van der Waals surface area contributed by atoms with E-state index < -0.39 is 0 Å². The van der Waals surface area contributed by atoms with Gasteiger partial charge in [0.1, 0.15) is 11.6 Å². The third kappa shape index (κ3) is 2.79. The van der Waals surface area contributed by atoms with Crippen LogP contribution in [0.3, 0.4) is 0 Å². The van der Waals surface area contributed by atoms with Crippen LogP contribution in [0.25, 0.3) is 16.9 Å². The molecule has 3 heterocycles. The predicted molar refractivity (Wildman–Crippen MR) is 100 cm³/mol. The third-order valence-electron chi connectivity index (χ3n) is 4.31. The topological polar surface area (TPSA) is 46.3 Å². The number of imidazole rings is 1. The van der Waals surface area contributed by atoms with Gasteiger partial charge >= 0.3 is 0 Å². The highest BCUT2D eigenvalue weighted by atomic mass is 19.1. The molecule has 6 heteroatoms. The van der Waals surface area contributed by atoms with Crippen molar-refractivity contribution >= 4 is 17.3 Å². The summed E-state index contributed by atoms with van der Waals surface area (Å²) in [5.41, 5.74) is 3.42. The molecule has 130 valence electrons. The molecule has 5 nitrogen and oxygen atoms in total. The molecule has 0 fully saturated rings. The van der Waals surface area contributed by atoms with E-state index >= 15 is 0 Å². The van der Waals surface area contributed by atoms with Crippen LogP contribution in [0.2, 0.25) is 0 Å². The summed E-state index contributed by atoms with van der Waals surface area (Å²) in [7, 11) is 1.95. The second kappa shape index (κ2) is 6.55. The Morgan fingerprint density at radius 2 is 1.81 bits per heavy atom. The Morgan fingerprint density at radius 1 is 1.00 bits per heavy atom. The molecule has 0 aliphatic heterocycles. The van der Waals surface area contributed by atoms with Crippen LogP contribution in [-0.2, 0) is 6.42 Å². The fourth-order valence-corrected chi connectivity index (χ4v) is 3.00. The molecule has 0 unspecified atom stereocenters. The average Bonchev–Trinajstić information content (AvgIpc) is 3.06. The van der Waals surface area contributed by atoms with Gasteiger partial charge in [-0.05, 0) is 55.0 Å². The molecule has 0 aliphatic rings. The van der Waals surface area contributed by atoms with Crippen molar-refractivity contribution in [3.05, 3.63) is 72.3 Å². The number of fused-ring (bicyclic) bond motifs is 1. The summed E-state index contributed by atoms with van der Waals surface area (Å²) < 4.78 is 15.0. The lowest BCUT2D eigenvalue weighted by Crippen LogP contribution is -2.16. The molecule has 0 amide bonds. The van der Waals surface area contributed by atoms with Crippen LogP contribution in [0.5, 0.6) is 0 Å². The van der Waals surface area contributed by atoms with Gasteiger partial charge in [-0.2, -0.15) is 9.61 Å². The van der Waals surface area contributed by atoms with Crippen LogP contribution in [0.1, 0.15) is 12.6 Å². The lowest BCUT2D eigenvalue weighted by molar-refractivity contribution is 0.628. The van der Waals surface area contributed by atoms with Crippen LogP contribution in [0, 0.1) is 5.82 Å². The Kier molecular flexibility index (Phi) is 4.08. The first kappa shape index (κ1) is 16.2. The highest BCUT2D eigenvalue weighted by Crippen LogP contribution is 2.28. The Balaban J connectivity index is 1.79. The molecule has 0 atom stereocenters. The minimum atomic E-state index is -0.258. The van der Waals surface area contributed by atoms with Crippen molar-refractivity contribution in [1.82, 2.24) is 19.6 Å². The Hall–Kier alpha value is -3.28. The summed E-state index contributed by atoms with van der Waals surface area (Å²) in [6.07, 6.45) is 2.54. The second-order valence-corrected chi connectivity index (χ2v) is 5.98. The van der Waals surface area contributed by atoms with E-state index in [2.05, 4.69) is 17.0 Å². The molecule has 0 spiro atoms. The first-order valence-electron chi connectivity index (χ1n) is 8.46. The number of nitrogens with zero attached hydrogens (tertiary/aromatic N) is 5. The SMILES string of the molecule is CCc1nc2cccnn2c1N(C)c1cccc(-c2ccc(F)cc2)n1. The van der Waals surface area contributed by atoms with Gasteiger partial charge in [0.05, 0.1) is 11.4 Å². The predicted octanol–water partition coefficient (Wildman–Crippen LogP) is 4.26. The molecular formula is C20H18FN5. The van der Waals surface area contributed by atoms with Gasteiger partial charge in [-0.25, -0.2) is 14.4 Å². The number of anilines is 2. The van der Waals surface area contributed by atoms with Gasteiger partial charge in [0.25, 0.3) is 0 Å². The van der Waals surface area contributed by atoms with Crippen LogP contribution in [-0.4, -0.2) is 26.6 Å². The molecule has 0 bridgehead atoms. The molecule has 1 aromatic carbocycles. The summed E-state index contributed by atoms with van der Waals surface area (Å²) in [6, 6.07) is 16.0. The third-order valence-corrected chi connectivity index (χ3v) is 4.31. The molecule has 0 radical (unpaired) electrons. The molecule has 26 heavy (non-hydrogen) atoms. The maximum atomic E-state index is 13.2. The van der Waals surface area contributed by atoms with Crippen LogP contribution in [0.4, 0.5) is 16.0 Å². The minimum absolute atomic E-state index is 0.258. The summed E-state index contributed by atoms with van der Waals surface area (Å²) in [4.78, 5) is 11.4. The van der Waals surface area contributed by atoms with E-state index in [9.17, 15) is 4.39 Å². The quantitative estimate of drug-likeness (QED) is 0.553. The van der Waals surface area contributed by atoms with Crippen LogP contribution in [0.15, 0.2) is 60.8 Å². The monoisotopic (exact) mass is 347 g/mol. The molecular weight excluding hydrogens is 329 g/mol. The number of halogens is 1. The summed E-state index contributed by atoms with van der Waals surface area (Å²) in [6.45, 7) is 2.07. The number of pyridine rings is 1. The largest absolute Gasteiger partial charge is 0.312 e.